The van der Waals surface area contributed by atoms with Crippen LogP contribution >= 0.6 is 11.6 Å². The van der Waals surface area contributed by atoms with Gasteiger partial charge in [-0.3, -0.25) is 10.1 Å². The van der Waals surface area contributed by atoms with Gasteiger partial charge in [-0.1, -0.05) is 18.0 Å². The summed E-state index contributed by atoms with van der Waals surface area (Å²) in [5, 5.41) is 11.5. The Morgan fingerprint density at radius 1 is 1.33 bits per heavy atom. The third-order valence-corrected chi connectivity index (χ3v) is 3.62. The van der Waals surface area contributed by atoms with Gasteiger partial charge in [0.2, 0.25) is 0 Å². The van der Waals surface area contributed by atoms with Gasteiger partial charge >= 0.3 is 0 Å². The minimum absolute atomic E-state index is 0.00407. The quantitative estimate of drug-likeness (QED) is 0.473. The molecular weight excluding hydrogens is 254 g/mol. The fraction of sp³-hybridized carbons (Fsp3) is 0.333. The second kappa shape index (κ2) is 4.17. The van der Waals surface area contributed by atoms with Crippen molar-refractivity contribution in [3.63, 3.8) is 0 Å². The molecule has 1 heterocycles. The van der Waals surface area contributed by atoms with Gasteiger partial charge in [0.25, 0.3) is 5.69 Å². The number of rotatable bonds is 2. The largest absolute Gasteiger partial charge is 0.270 e. The molecule has 0 atom stereocenters. The highest BCUT2D eigenvalue weighted by molar-refractivity contribution is 6.34. The molecule has 1 fully saturated rings. The smallest absolute Gasteiger partial charge is 0.258 e. The minimum Gasteiger partial charge on any atom is -0.258 e. The summed E-state index contributed by atoms with van der Waals surface area (Å²) in [5.41, 5.74) is 0.673. The van der Waals surface area contributed by atoms with Crippen molar-refractivity contribution in [2.24, 2.45) is 0 Å². The maximum Gasteiger partial charge on any atom is 0.270 e. The summed E-state index contributed by atoms with van der Waals surface area (Å²) in [6.07, 6.45) is 3.38. The van der Waals surface area contributed by atoms with E-state index in [1.807, 2.05) is 0 Å². The number of non-ortho nitro benzene ring substituents is 1. The number of hydrogen-bond acceptors (Lipinski definition) is 4. The van der Waals surface area contributed by atoms with Gasteiger partial charge in [0.1, 0.15) is 11.0 Å². The molecule has 1 aromatic carbocycles. The summed E-state index contributed by atoms with van der Waals surface area (Å²) >= 11 is 6.09. The average Bonchev–Trinajstić information content (AvgIpc) is 2.26. The molecule has 0 unspecified atom stereocenters. The van der Waals surface area contributed by atoms with Crippen molar-refractivity contribution in [3.05, 3.63) is 39.3 Å². The van der Waals surface area contributed by atoms with Crippen molar-refractivity contribution in [2.45, 2.75) is 25.2 Å². The van der Waals surface area contributed by atoms with Crippen molar-refractivity contribution < 1.29 is 4.92 Å². The highest BCUT2D eigenvalue weighted by Gasteiger charge is 2.23. The van der Waals surface area contributed by atoms with Crippen LogP contribution in [0.5, 0.6) is 0 Å². The first-order chi connectivity index (χ1) is 8.65. The zero-order valence-electron chi connectivity index (χ0n) is 9.47. The van der Waals surface area contributed by atoms with Crippen LogP contribution in [0.1, 0.15) is 31.0 Å². The predicted octanol–water partition coefficient (Wildman–Crippen LogP) is 3.46. The van der Waals surface area contributed by atoms with E-state index < -0.39 is 4.92 Å². The summed E-state index contributed by atoms with van der Waals surface area (Å²) < 4.78 is 0. The molecule has 1 aromatic heterocycles. The van der Waals surface area contributed by atoms with Crippen molar-refractivity contribution in [2.75, 3.05) is 0 Å². The van der Waals surface area contributed by atoms with Crippen molar-refractivity contribution >= 4 is 28.2 Å². The molecule has 5 nitrogen and oxygen atoms in total. The fourth-order valence-corrected chi connectivity index (χ4v) is 2.30. The Hall–Kier alpha value is -1.75. The molecule has 0 N–H and O–H groups in total. The van der Waals surface area contributed by atoms with Crippen LogP contribution in [0.2, 0.25) is 5.15 Å². The second-order valence-corrected chi connectivity index (χ2v) is 4.82. The normalized spacial score (nSPS) is 15.6. The molecule has 2 aromatic rings. The topological polar surface area (TPSA) is 68.9 Å². The molecule has 0 saturated heterocycles. The van der Waals surface area contributed by atoms with E-state index in [4.69, 9.17) is 11.6 Å². The number of aromatic nitrogens is 2. The van der Waals surface area contributed by atoms with Crippen molar-refractivity contribution in [3.8, 4) is 0 Å². The van der Waals surface area contributed by atoms with Crippen LogP contribution in [-0.2, 0) is 0 Å². The van der Waals surface area contributed by atoms with E-state index in [1.54, 1.807) is 6.07 Å². The zero-order chi connectivity index (χ0) is 12.7. The first-order valence-electron chi connectivity index (χ1n) is 5.77. The summed E-state index contributed by atoms with van der Waals surface area (Å²) in [4.78, 5) is 19.0. The molecule has 18 heavy (non-hydrogen) atoms. The van der Waals surface area contributed by atoms with Crippen LogP contribution in [0.15, 0.2) is 18.2 Å². The van der Waals surface area contributed by atoms with E-state index in [2.05, 4.69) is 9.97 Å². The van der Waals surface area contributed by atoms with Gasteiger partial charge in [-0.25, -0.2) is 9.97 Å². The monoisotopic (exact) mass is 263 g/mol. The van der Waals surface area contributed by atoms with E-state index >= 15 is 0 Å². The van der Waals surface area contributed by atoms with Gasteiger partial charge in [0.05, 0.1) is 10.4 Å². The number of benzene rings is 1. The summed E-state index contributed by atoms with van der Waals surface area (Å²) in [6.45, 7) is 0. The van der Waals surface area contributed by atoms with Gasteiger partial charge in [-0.15, -0.1) is 0 Å². The lowest BCUT2D eigenvalue weighted by Gasteiger charge is -2.23. The van der Waals surface area contributed by atoms with Crippen molar-refractivity contribution in [1.29, 1.82) is 0 Å². The van der Waals surface area contributed by atoms with Crippen LogP contribution in [0.4, 0.5) is 5.69 Å². The van der Waals surface area contributed by atoms with Crippen LogP contribution in [0, 0.1) is 10.1 Å². The lowest BCUT2D eigenvalue weighted by Crippen LogP contribution is -2.12. The Morgan fingerprint density at radius 2 is 2.11 bits per heavy atom. The standard InChI is InChI=1S/C12H10ClN3O2/c13-11-9-6-8(16(17)18)4-5-10(9)14-12(15-11)7-2-1-3-7/h4-7H,1-3H2. The molecular formula is C12H10ClN3O2. The van der Waals surface area contributed by atoms with E-state index in [0.717, 1.165) is 18.7 Å². The molecule has 0 spiro atoms. The van der Waals surface area contributed by atoms with Gasteiger partial charge in [0.15, 0.2) is 0 Å². The molecule has 92 valence electrons. The highest BCUT2D eigenvalue weighted by atomic mass is 35.5. The molecule has 6 heteroatoms. The van der Waals surface area contributed by atoms with Crippen LogP contribution in [-0.4, -0.2) is 14.9 Å². The van der Waals surface area contributed by atoms with E-state index in [1.165, 1.54) is 18.6 Å². The molecule has 0 radical (unpaired) electrons. The van der Waals surface area contributed by atoms with Crippen LogP contribution < -0.4 is 0 Å². The molecule has 0 bridgehead atoms. The summed E-state index contributed by atoms with van der Waals surface area (Å²) in [6, 6.07) is 4.49. The third-order valence-electron chi connectivity index (χ3n) is 3.33. The van der Waals surface area contributed by atoms with Gasteiger partial charge < -0.3 is 0 Å². The number of nitrogens with zero attached hydrogens (tertiary/aromatic N) is 3. The maximum atomic E-state index is 10.7. The van der Waals surface area contributed by atoms with Crippen LogP contribution in [0.25, 0.3) is 10.9 Å². The SMILES string of the molecule is O=[N+]([O-])c1ccc2nc(C3CCC3)nc(Cl)c2c1. The van der Waals surface area contributed by atoms with Gasteiger partial charge in [0, 0.05) is 23.4 Å². The molecule has 3 rings (SSSR count). The lowest BCUT2D eigenvalue weighted by molar-refractivity contribution is -0.384. The zero-order valence-corrected chi connectivity index (χ0v) is 10.2. The fourth-order valence-electron chi connectivity index (χ4n) is 2.06. The first kappa shape index (κ1) is 11.3. The predicted molar refractivity (Wildman–Crippen MR) is 67.8 cm³/mol. The Balaban J connectivity index is 2.14. The van der Waals surface area contributed by atoms with Crippen LogP contribution in [0.3, 0.4) is 0 Å². The number of fused-ring (bicyclic) bond motifs is 1. The Morgan fingerprint density at radius 3 is 2.72 bits per heavy atom. The number of halogens is 1. The van der Waals surface area contributed by atoms with Crippen molar-refractivity contribution in [1.82, 2.24) is 9.97 Å². The van der Waals surface area contributed by atoms with E-state index in [9.17, 15) is 10.1 Å². The Labute approximate surface area is 108 Å². The van der Waals surface area contributed by atoms with E-state index in [-0.39, 0.29) is 5.69 Å². The first-order valence-corrected chi connectivity index (χ1v) is 6.14. The van der Waals surface area contributed by atoms with Gasteiger partial charge in [-0.05, 0) is 18.9 Å². The Kier molecular flexibility index (Phi) is 2.63. The molecule has 1 aliphatic carbocycles. The molecule has 1 saturated carbocycles. The number of nitro benzene ring substituents is 1. The number of nitro groups is 1. The minimum atomic E-state index is -0.449. The maximum absolute atomic E-state index is 10.7. The second-order valence-electron chi connectivity index (χ2n) is 4.46. The average molecular weight is 264 g/mol. The number of hydrogen-bond donors (Lipinski definition) is 0. The summed E-state index contributed by atoms with van der Waals surface area (Å²) in [7, 11) is 0. The van der Waals surface area contributed by atoms with Gasteiger partial charge in [-0.2, -0.15) is 0 Å². The third kappa shape index (κ3) is 1.80. The lowest BCUT2D eigenvalue weighted by atomic mass is 9.85. The summed E-state index contributed by atoms with van der Waals surface area (Å²) in [5.74, 6) is 1.15. The molecule has 0 amide bonds. The molecule has 1 aliphatic rings. The highest BCUT2D eigenvalue weighted by Crippen LogP contribution is 2.36. The molecule has 0 aliphatic heterocycles. The Bertz CT molecular complexity index is 641. The van der Waals surface area contributed by atoms with E-state index in [0.29, 0.717) is 22.0 Å².